The van der Waals surface area contributed by atoms with Crippen molar-refractivity contribution >= 4 is 11.6 Å². The smallest absolute Gasteiger partial charge is 0.265 e. The predicted octanol–water partition coefficient (Wildman–Crippen LogP) is 1.53. The first kappa shape index (κ1) is 16.6. The van der Waals surface area contributed by atoms with Crippen LogP contribution in [0.1, 0.15) is 27.7 Å². The summed E-state index contributed by atoms with van der Waals surface area (Å²) in [6.07, 6.45) is -1.11. The van der Waals surface area contributed by atoms with Crippen LogP contribution >= 0.6 is 0 Å². The molecule has 0 saturated heterocycles. The zero-order chi connectivity index (χ0) is 16.3. The molecule has 3 N–H and O–H groups in total. The van der Waals surface area contributed by atoms with Gasteiger partial charge in [-0.3, -0.25) is 4.79 Å². The average molecular weight is 308 g/mol. The van der Waals surface area contributed by atoms with Gasteiger partial charge in [0.2, 0.25) is 0 Å². The summed E-state index contributed by atoms with van der Waals surface area (Å²) in [5.41, 5.74) is 0.536. The minimum absolute atomic E-state index is 0.0505. The number of aliphatic hydroxyl groups excluding tert-OH is 1. The number of carbonyl (C=O) groups is 1. The van der Waals surface area contributed by atoms with Crippen LogP contribution in [-0.4, -0.2) is 41.9 Å². The van der Waals surface area contributed by atoms with Gasteiger partial charge in [-0.05, 0) is 39.8 Å². The largest absolute Gasteiger partial charge is 0.491 e. The van der Waals surface area contributed by atoms with Crippen molar-refractivity contribution < 1.29 is 19.4 Å². The number of rotatable bonds is 5. The third-order valence-electron chi connectivity index (χ3n) is 3.19. The van der Waals surface area contributed by atoms with Gasteiger partial charge in [0.1, 0.15) is 24.2 Å². The third kappa shape index (κ3) is 4.61. The van der Waals surface area contributed by atoms with Crippen LogP contribution in [0.4, 0.5) is 5.69 Å². The standard InChI is InChI=1S/C16H24N2O4/c1-10-15(20)18-13-7-12(5-6-14(13)22-10)21-9-11(19)8-17-16(2,3)4/h5-7,10-11,17,19H,8-9H2,1-4H3,(H,18,20). The molecule has 0 saturated carbocycles. The molecule has 0 aliphatic carbocycles. The first-order valence-corrected chi connectivity index (χ1v) is 7.42. The third-order valence-corrected chi connectivity index (χ3v) is 3.19. The second-order valence-electron chi connectivity index (χ2n) is 6.50. The van der Waals surface area contributed by atoms with Gasteiger partial charge in [0.15, 0.2) is 6.10 Å². The Hall–Kier alpha value is -1.79. The molecule has 1 aliphatic rings. The summed E-state index contributed by atoms with van der Waals surface area (Å²) in [5, 5.41) is 15.9. The molecule has 0 aromatic heterocycles. The molecule has 2 unspecified atom stereocenters. The quantitative estimate of drug-likeness (QED) is 0.769. The number of β-amino-alcohol motifs (C(OH)–C–C–N with tert-alkyl or cyclic N) is 1. The number of anilines is 1. The Balaban J connectivity index is 1.89. The summed E-state index contributed by atoms with van der Waals surface area (Å²) >= 11 is 0. The van der Waals surface area contributed by atoms with Gasteiger partial charge in [0.05, 0.1) is 5.69 Å². The molecule has 1 aliphatic heterocycles. The first-order chi connectivity index (χ1) is 10.2. The van der Waals surface area contributed by atoms with Gasteiger partial charge in [0, 0.05) is 18.2 Å². The Morgan fingerprint density at radius 1 is 1.45 bits per heavy atom. The molecule has 6 heteroatoms. The molecule has 1 aromatic rings. The number of nitrogens with one attached hydrogen (secondary N) is 2. The highest BCUT2D eigenvalue weighted by Crippen LogP contribution is 2.33. The van der Waals surface area contributed by atoms with E-state index in [2.05, 4.69) is 10.6 Å². The lowest BCUT2D eigenvalue weighted by atomic mass is 10.1. The summed E-state index contributed by atoms with van der Waals surface area (Å²) in [5.74, 6) is 1.01. The monoisotopic (exact) mass is 308 g/mol. The average Bonchev–Trinajstić information content (AvgIpc) is 2.43. The Morgan fingerprint density at radius 2 is 2.18 bits per heavy atom. The SMILES string of the molecule is CC1Oc2ccc(OCC(O)CNC(C)(C)C)cc2NC1=O. The van der Waals surface area contributed by atoms with E-state index in [9.17, 15) is 9.90 Å². The van der Waals surface area contributed by atoms with Crippen molar-refractivity contribution in [3.05, 3.63) is 18.2 Å². The van der Waals surface area contributed by atoms with E-state index in [0.717, 1.165) is 0 Å². The van der Waals surface area contributed by atoms with Crippen LogP contribution in [0, 0.1) is 0 Å². The van der Waals surface area contributed by atoms with Gasteiger partial charge in [-0.25, -0.2) is 0 Å². The maximum Gasteiger partial charge on any atom is 0.265 e. The lowest BCUT2D eigenvalue weighted by Crippen LogP contribution is -2.42. The van der Waals surface area contributed by atoms with Gasteiger partial charge >= 0.3 is 0 Å². The molecule has 1 heterocycles. The van der Waals surface area contributed by atoms with Crippen molar-refractivity contribution in [2.75, 3.05) is 18.5 Å². The number of hydrogen-bond acceptors (Lipinski definition) is 5. The molecule has 6 nitrogen and oxygen atoms in total. The predicted molar refractivity (Wildman–Crippen MR) is 84.4 cm³/mol. The Morgan fingerprint density at radius 3 is 2.86 bits per heavy atom. The summed E-state index contributed by atoms with van der Waals surface area (Å²) in [4.78, 5) is 11.6. The van der Waals surface area contributed by atoms with E-state index in [4.69, 9.17) is 9.47 Å². The van der Waals surface area contributed by atoms with Gasteiger partial charge in [-0.15, -0.1) is 0 Å². The molecule has 2 atom stereocenters. The van der Waals surface area contributed by atoms with Crippen LogP contribution in [0.3, 0.4) is 0 Å². The van der Waals surface area contributed by atoms with Crippen LogP contribution < -0.4 is 20.1 Å². The Labute approximate surface area is 130 Å². The maximum atomic E-state index is 11.6. The molecule has 0 spiro atoms. The van der Waals surface area contributed by atoms with Gasteiger partial charge < -0.3 is 25.2 Å². The fraction of sp³-hybridized carbons (Fsp3) is 0.562. The molecule has 2 rings (SSSR count). The molecule has 0 radical (unpaired) electrons. The van der Waals surface area contributed by atoms with Crippen LogP contribution in [-0.2, 0) is 4.79 Å². The highest BCUT2D eigenvalue weighted by molar-refractivity contribution is 5.97. The van der Waals surface area contributed by atoms with E-state index in [1.54, 1.807) is 25.1 Å². The van der Waals surface area contributed by atoms with Crippen molar-refractivity contribution in [3.8, 4) is 11.5 Å². The number of hydrogen-bond donors (Lipinski definition) is 3. The number of aliphatic hydroxyl groups is 1. The van der Waals surface area contributed by atoms with E-state index >= 15 is 0 Å². The Bertz CT molecular complexity index is 539. The van der Waals surface area contributed by atoms with Crippen LogP contribution in [0.15, 0.2) is 18.2 Å². The van der Waals surface area contributed by atoms with E-state index in [1.807, 2.05) is 20.8 Å². The van der Waals surface area contributed by atoms with E-state index in [1.165, 1.54) is 0 Å². The van der Waals surface area contributed by atoms with E-state index in [0.29, 0.717) is 23.7 Å². The Kier molecular flexibility index (Phi) is 4.93. The molecule has 122 valence electrons. The second kappa shape index (κ2) is 6.54. The summed E-state index contributed by atoms with van der Waals surface area (Å²) in [6, 6.07) is 5.20. The number of amides is 1. The molecule has 1 aromatic carbocycles. The number of fused-ring (bicyclic) bond motifs is 1. The summed E-state index contributed by atoms with van der Waals surface area (Å²) in [6.45, 7) is 8.43. The normalized spacial score (nSPS) is 19.0. The summed E-state index contributed by atoms with van der Waals surface area (Å²) < 4.78 is 11.0. The van der Waals surface area contributed by atoms with Crippen molar-refractivity contribution in [1.29, 1.82) is 0 Å². The number of benzene rings is 1. The van der Waals surface area contributed by atoms with Crippen molar-refractivity contribution in [1.82, 2.24) is 5.32 Å². The van der Waals surface area contributed by atoms with Crippen molar-refractivity contribution in [3.63, 3.8) is 0 Å². The topological polar surface area (TPSA) is 79.8 Å². The second-order valence-corrected chi connectivity index (χ2v) is 6.50. The van der Waals surface area contributed by atoms with E-state index in [-0.39, 0.29) is 18.1 Å². The summed E-state index contributed by atoms with van der Waals surface area (Å²) in [7, 11) is 0. The fourth-order valence-corrected chi connectivity index (χ4v) is 1.95. The number of carbonyl (C=O) groups excluding carboxylic acids is 1. The minimum atomic E-state index is -0.610. The van der Waals surface area contributed by atoms with Crippen LogP contribution in [0.25, 0.3) is 0 Å². The molecule has 0 bridgehead atoms. The van der Waals surface area contributed by atoms with Crippen LogP contribution in [0.2, 0.25) is 0 Å². The van der Waals surface area contributed by atoms with Crippen molar-refractivity contribution in [2.24, 2.45) is 0 Å². The maximum absolute atomic E-state index is 11.6. The molecular formula is C16H24N2O4. The van der Waals surface area contributed by atoms with Gasteiger partial charge in [-0.2, -0.15) is 0 Å². The lowest BCUT2D eigenvalue weighted by Gasteiger charge is -2.24. The molecular weight excluding hydrogens is 284 g/mol. The van der Waals surface area contributed by atoms with Gasteiger partial charge in [0.25, 0.3) is 5.91 Å². The molecule has 1 amide bonds. The van der Waals surface area contributed by atoms with Crippen LogP contribution in [0.5, 0.6) is 11.5 Å². The van der Waals surface area contributed by atoms with Crippen molar-refractivity contribution in [2.45, 2.75) is 45.4 Å². The highest BCUT2D eigenvalue weighted by atomic mass is 16.5. The number of ether oxygens (including phenoxy) is 2. The highest BCUT2D eigenvalue weighted by Gasteiger charge is 2.23. The first-order valence-electron chi connectivity index (χ1n) is 7.42. The zero-order valence-electron chi connectivity index (χ0n) is 13.5. The van der Waals surface area contributed by atoms with Gasteiger partial charge in [-0.1, -0.05) is 0 Å². The molecule has 0 fully saturated rings. The fourth-order valence-electron chi connectivity index (χ4n) is 1.95. The minimum Gasteiger partial charge on any atom is -0.491 e. The molecule has 22 heavy (non-hydrogen) atoms. The van der Waals surface area contributed by atoms with E-state index < -0.39 is 12.2 Å². The zero-order valence-corrected chi connectivity index (χ0v) is 13.5. The lowest BCUT2D eigenvalue weighted by molar-refractivity contribution is -0.122.